The van der Waals surface area contributed by atoms with Gasteiger partial charge in [0.25, 0.3) is 5.91 Å². The van der Waals surface area contributed by atoms with Crippen molar-refractivity contribution in [3.8, 4) is 5.75 Å². The lowest BCUT2D eigenvalue weighted by molar-refractivity contribution is 0.0952. The molecule has 1 aliphatic rings. The molecule has 1 aliphatic heterocycles. The molecule has 4 aromatic carbocycles. The van der Waals surface area contributed by atoms with Gasteiger partial charge >= 0.3 is 0 Å². The lowest BCUT2D eigenvalue weighted by Crippen LogP contribution is -2.19. The van der Waals surface area contributed by atoms with Crippen LogP contribution in [0.5, 0.6) is 5.75 Å². The summed E-state index contributed by atoms with van der Waals surface area (Å²) in [5.74, 6) is -0.500. The van der Waals surface area contributed by atoms with E-state index in [9.17, 15) is 9.90 Å². The van der Waals surface area contributed by atoms with Gasteiger partial charge in [-0.25, -0.2) is 5.43 Å². The molecule has 1 heterocycles. The number of para-hydroxylation sites is 1. The minimum absolute atomic E-state index is 0.0443. The van der Waals surface area contributed by atoms with Crippen molar-refractivity contribution in [3.63, 3.8) is 0 Å². The third-order valence-electron chi connectivity index (χ3n) is 5.24. The van der Waals surface area contributed by atoms with Crippen molar-refractivity contribution in [2.24, 2.45) is 5.10 Å². The number of fused-ring (bicyclic) bond motifs is 3. The molecule has 4 aromatic rings. The van der Waals surface area contributed by atoms with Crippen molar-refractivity contribution in [3.05, 3.63) is 90.0 Å². The molecule has 31 heavy (non-hydrogen) atoms. The zero-order valence-corrected chi connectivity index (χ0v) is 17.5. The highest BCUT2D eigenvalue weighted by Crippen LogP contribution is 2.44. The molecule has 0 aromatic heterocycles. The molecule has 0 saturated carbocycles. The molecule has 0 aliphatic carbocycles. The minimum Gasteiger partial charge on any atom is -0.506 e. The zero-order chi connectivity index (χ0) is 21.4. The summed E-state index contributed by atoms with van der Waals surface area (Å²) in [5, 5.41) is 19.7. The number of hydrogen-bond acceptors (Lipinski definition) is 5. The number of rotatable bonds is 3. The molecule has 0 radical (unpaired) electrons. The Hall–Kier alpha value is -3.77. The SMILES string of the molecule is C/C(=N/NC(=O)c1ccc2ccccc2c1O)c1ccc2c(c1)Nc1ccccc1S2. The summed E-state index contributed by atoms with van der Waals surface area (Å²) < 4.78 is 0. The fourth-order valence-electron chi connectivity index (χ4n) is 3.56. The van der Waals surface area contributed by atoms with Crippen molar-refractivity contribution in [2.45, 2.75) is 16.7 Å². The van der Waals surface area contributed by atoms with Crippen molar-refractivity contribution in [1.82, 2.24) is 5.43 Å². The molecule has 5 nitrogen and oxygen atoms in total. The maximum Gasteiger partial charge on any atom is 0.275 e. The van der Waals surface area contributed by atoms with Crippen molar-refractivity contribution in [2.75, 3.05) is 5.32 Å². The van der Waals surface area contributed by atoms with Crippen LogP contribution in [0.1, 0.15) is 22.8 Å². The first-order valence-corrected chi connectivity index (χ1v) is 10.7. The average Bonchev–Trinajstić information content (AvgIpc) is 2.81. The highest BCUT2D eigenvalue weighted by molar-refractivity contribution is 7.99. The van der Waals surface area contributed by atoms with Gasteiger partial charge in [0, 0.05) is 15.2 Å². The highest BCUT2D eigenvalue weighted by atomic mass is 32.2. The number of amides is 1. The predicted molar refractivity (Wildman–Crippen MR) is 126 cm³/mol. The molecular weight excluding hydrogens is 406 g/mol. The molecule has 0 unspecified atom stereocenters. The predicted octanol–water partition coefficient (Wildman–Crippen LogP) is 5.91. The molecule has 0 saturated heterocycles. The van der Waals surface area contributed by atoms with Crippen LogP contribution in [-0.4, -0.2) is 16.7 Å². The van der Waals surface area contributed by atoms with Gasteiger partial charge in [0.1, 0.15) is 5.75 Å². The van der Waals surface area contributed by atoms with Gasteiger partial charge in [0.15, 0.2) is 0 Å². The first kappa shape index (κ1) is 19.2. The second kappa shape index (κ2) is 7.81. The first-order valence-electron chi connectivity index (χ1n) is 9.84. The molecule has 6 heteroatoms. The molecule has 152 valence electrons. The summed E-state index contributed by atoms with van der Waals surface area (Å²) in [7, 11) is 0. The smallest absolute Gasteiger partial charge is 0.275 e. The number of carbonyl (C=O) groups is 1. The molecule has 0 spiro atoms. The normalized spacial score (nSPS) is 12.6. The summed E-state index contributed by atoms with van der Waals surface area (Å²) in [6.07, 6.45) is 0. The molecular formula is C25H19N3O2S. The highest BCUT2D eigenvalue weighted by Gasteiger charge is 2.17. The topological polar surface area (TPSA) is 73.7 Å². The Morgan fingerprint density at radius 1 is 0.935 bits per heavy atom. The van der Waals surface area contributed by atoms with Crippen LogP contribution in [0.2, 0.25) is 0 Å². The average molecular weight is 426 g/mol. The maximum absolute atomic E-state index is 12.6. The van der Waals surface area contributed by atoms with Crippen LogP contribution in [0.4, 0.5) is 11.4 Å². The molecule has 0 atom stereocenters. The molecule has 5 rings (SSSR count). The van der Waals surface area contributed by atoms with Gasteiger partial charge in [-0.05, 0) is 48.2 Å². The Labute approximate surface area is 183 Å². The number of phenols is 1. The van der Waals surface area contributed by atoms with E-state index in [-0.39, 0.29) is 11.3 Å². The van der Waals surface area contributed by atoms with E-state index in [1.807, 2.05) is 61.5 Å². The summed E-state index contributed by atoms with van der Waals surface area (Å²) >= 11 is 1.72. The van der Waals surface area contributed by atoms with Crippen molar-refractivity contribution < 1.29 is 9.90 Å². The third kappa shape index (κ3) is 3.62. The van der Waals surface area contributed by atoms with Crippen LogP contribution in [0.25, 0.3) is 10.8 Å². The van der Waals surface area contributed by atoms with E-state index in [1.165, 1.54) is 4.90 Å². The van der Waals surface area contributed by atoms with Gasteiger partial charge in [-0.15, -0.1) is 0 Å². The van der Waals surface area contributed by atoms with E-state index < -0.39 is 5.91 Å². The number of phenolic OH excluding ortho intramolecular Hbond substituents is 1. The summed E-state index contributed by atoms with van der Waals surface area (Å²) in [6, 6.07) is 25.0. The minimum atomic E-state index is -0.455. The van der Waals surface area contributed by atoms with Crippen LogP contribution in [0.3, 0.4) is 0 Å². The Morgan fingerprint density at radius 3 is 2.61 bits per heavy atom. The number of nitrogens with zero attached hydrogens (tertiary/aromatic N) is 1. The number of anilines is 2. The van der Waals surface area contributed by atoms with Gasteiger partial charge in [-0.3, -0.25) is 4.79 Å². The summed E-state index contributed by atoms with van der Waals surface area (Å²) in [6.45, 7) is 1.84. The van der Waals surface area contributed by atoms with Crippen molar-refractivity contribution >= 4 is 45.5 Å². The molecule has 3 N–H and O–H groups in total. The van der Waals surface area contributed by atoms with Gasteiger partial charge in [-0.2, -0.15) is 5.10 Å². The maximum atomic E-state index is 12.6. The zero-order valence-electron chi connectivity index (χ0n) is 16.7. The van der Waals surface area contributed by atoms with Gasteiger partial charge in [0.05, 0.1) is 22.6 Å². The second-order valence-electron chi connectivity index (χ2n) is 7.26. The van der Waals surface area contributed by atoms with Crippen LogP contribution in [0, 0.1) is 0 Å². The van der Waals surface area contributed by atoms with E-state index in [0.717, 1.165) is 27.2 Å². The van der Waals surface area contributed by atoms with E-state index in [0.29, 0.717) is 11.1 Å². The number of nitrogens with one attached hydrogen (secondary N) is 2. The number of hydrogen-bond donors (Lipinski definition) is 3. The lowest BCUT2D eigenvalue weighted by Gasteiger charge is -2.21. The largest absolute Gasteiger partial charge is 0.506 e. The van der Waals surface area contributed by atoms with Crippen molar-refractivity contribution in [1.29, 1.82) is 0 Å². The number of carbonyl (C=O) groups excluding carboxylic acids is 1. The van der Waals surface area contributed by atoms with E-state index in [1.54, 1.807) is 23.9 Å². The lowest BCUT2D eigenvalue weighted by atomic mass is 10.1. The van der Waals surface area contributed by atoms with Crippen LogP contribution in [0.15, 0.2) is 93.8 Å². The summed E-state index contributed by atoms with van der Waals surface area (Å²) in [5.41, 5.74) is 6.40. The molecule has 1 amide bonds. The Morgan fingerprint density at radius 2 is 1.71 bits per heavy atom. The molecule has 0 fully saturated rings. The Bertz CT molecular complexity index is 1360. The van der Waals surface area contributed by atoms with E-state index >= 15 is 0 Å². The number of hydrazone groups is 1. The van der Waals surface area contributed by atoms with Gasteiger partial charge < -0.3 is 10.4 Å². The number of benzene rings is 4. The monoisotopic (exact) mass is 425 g/mol. The second-order valence-corrected chi connectivity index (χ2v) is 8.34. The Kier molecular flexibility index (Phi) is 4.84. The summed E-state index contributed by atoms with van der Waals surface area (Å²) in [4.78, 5) is 15.0. The van der Waals surface area contributed by atoms with Crippen LogP contribution < -0.4 is 10.7 Å². The number of aromatic hydroxyl groups is 1. The standard InChI is InChI=1S/C25H19N3O2S/c1-15(17-11-13-23-21(14-17)26-20-8-4-5-9-22(20)31-23)27-28-25(30)19-12-10-16-6-2-3-7-18(16)24(19)29/h2-14,26,29H,1H3,(H,28,30)/b27-15-. The first-order chi connectivity index (χ1) is 15.1. The van der Waals surface area contributed by atoms with E-state index in [2.05, 4.69) is 28.0 Å². The van der Waals surface area contributed by atoms with E-state index in [4.69, 9.17) is 0 Å². The Balaban J connectivity index is 1.37. The fourth-order valence-corrected chi connectivity index (χ4v) is 4.53. The van der Waals surface area contributed by atoms with Crippen LogP contribution in [-0.2, 0) is 0 Å². The van der Waals surface area contributed by atoms with Gasteiger partial charge in [-0.1, -0.05) is 60.3 Å². The quantitative estimate of drug-likeness (QED) is 0.248. The molecule has 0 bridgehead atoms. The van der Waals surface area contributed by atoms with Crippen LogP contribution >= 0.6 is 11.8 Å². The van der Waals surface area contributed by atoms with Gasteiger partial charge in [0.2, 0.25) is 0 Å². The third-order valence-corrected chi connectivity index (χ3v) is 6.40. The fraction of sp³-hybridized carbons (Fsp3) is 0.0400.